The first-order valence-corrected chi connectivity index (χ1v) is 7.03. The molecular formula is C16H20N2O. The van der Waals surface area contributed by atoms with Gasteiger partial charge in [-0.3, -0.25) is 4.68 Å². The summed E-state index contributed by atoms with van der Waals surface area (Å²) in [6.45, 7) is 2.09. The lowest BCUT2D eigenvalue weighted by Crippen LogP contribution is -2.27. The van der Waals surface area contributed by atoms with Crippen LogP contribution in [0.3, 0.4) is 0 Å². The summed E-state index contributed by atoms with van der Waals surface area (Å²) in [7, 11) is 0. The molecule has 0 saturated heterocycles. The van der Waals surface area contributed by atoms with E-state index in [-0.39, 0.29) is 12.1 Å². The van der Waals surface area contributed by atoms with Crippen LogP contribution in [-0.4, -0.2) is 21.0 Å². The molecule has 19 heavy (non-hydrogen) atoms. The second kappa shape index (κ2) is 5.17. The zero-order valence-electron chi connectivity index (χ0n) is 11.3. The van der Waals surface area contributed by atoms with Gasteiger partial charge in [0.2, 0.25) is 0 Å². The maximum Gasteiger partial charge on any atom is 0.0778 e. The largest absolute Gasteiger partial charge is 0.391 e. The number of aryl methyl sites for hydroxylation is 1. The lowest BCUT2D eigenvalue weighted by Gasteiger charge is -2.27. The number of aliphatic hydroxyl groups excluding tert-OH is 1. The Morgan fingerprint density at radius 3 is 2.58 bits per heavy atom. The highest BCUT2D eigenvalue weighted by Gasteiger charge is 2.25. The Balaban J connectivity index is 1.84. The smallest absolute Gasteiger partial charge is 0.0778 e. The number of hydrogen-bond acceptors (Lipinski definition) is 2. The van der Waals surface area contributed by atoms with Crippen molar-refractivity contribution in [2.45, 2.75) is 44.8 Å². The molecule has 1 heterocycles. The monoisotopic (exact) mass is 256 g/mol. The molecule has 2 atom stereocenters. The zero-order chi connectivity index (χ0) is 13.2. The summed E-state index contributed by atoms with van der Waals surface area (Å²) in [5, 5.41) is 14.5. The van der Waals surface area contributed by atoms with Crippen LogP contribution in [0.25, 0.3) is 11.1 Å². The normalized spacial score (nSPS) is 23.5. The van der Waals surface area contributed by atoms with Gasteiger partial charge >= 0.3 is 0 Å². The molecule has 1 N–H and O–H groups in total. The number of nitrogens with zero attached hydrogens (tertiary/aromatic N) is 2. The molecule has 1 aliphatic rings. The Labute approximate surface area is 113 Å². The van der Waals surface area contributed by atoms with Crippen molar-refractivity contribution >= 4 is 0 Å². The molecule has 100 valence electrons. The SMILES string of the molecule is Cc1ccc(-c2cnn(C3CCCCC3O)c2)cc1. The van der Waals surface area contributed by atoms with Gasteiger partial charge in [-0.05, 0) is 25.3 Å². The Morgan fingerprint density at radius 1 is 1.11 bits per heavy atom. The van der Waals surface area contributed by atoms with Crippen LogP contribution in [0.15, 0.2) is 36.7 Å². The molecule has 1 aromatic heterocycles. The summed E-state index contributed by atoms with van der Waals surface area (Å²) in [6.07, 6.45) is 7.93. The van der Waals surface area contributed by atoms with Crippen molar-refractivity contribution in [1.82, 2.24) is 9.78 Å². The van der Waals surface area contributed by atoms with E-state index < -0.39 is 0 Å². The fourth-order valence-corrected chi connectivity index (χ4v) is 2.81. The standard InChI is InChI=1S/C16H20N2O/c1-12-6-8-13(9-7-12)14-10-17-18(11-14)15-4-2-3-5-16(15)19/h6-11,15-16,19H,2-5H2,1H3. The van der Waals surface area contributed by atoms with E-state index in [9.17, 15) is 5.11 Å². The summed E-state index contributed by atoms with van der Waals surface area (Å²) in [5.41, 5.74) is 3.57. The third kappa shape index (κ3) is 2.56. The van der Waals surface area contributed by atoms with E-state index in [0.717, 1.165) is 24.8 Å². The van der Waals surface area contributed by atoms with Gasteiger partial charge in [-0.1, -0.05) is 42.7 Å². The first kappa shape index (κ1) is 12.4. The summed E-state index contributed by atoms with van der Waals surface area (Å²) in [4.78, 5) is 0. The molecule has 0 radical (unpaired) electrons. The van der Waals surface area contributed by atoms with Crippen molar-refractivity contribution < 1.29 is 5.11 Å². The first-order valence-electron chi connectivity index (χ1n) is 7.03. The number of aromatic nitrogens is 2. The third-order valence-electron chi connectivity index (χ3n) is 4.02. The van der Waals surface area contributed by atoms with Crippen LogP contribution < -0.4 is 0 Å². The summed E-state index contributed by atoms with van der Waals surface area (Å²) < 4.78 is 1.94. The molecule has 0 amide bonds. The Bertz CT molecular complexity index is 544. The van der Waals surface area contributed by atoms with Crippen LogP contribution in [0.2, 0.25) is 0 Å². The molecule has 0 spiro atoms. The van der Waals surface area contributed by atoms with E-state index in [1.54, 1.807) is 0 Å². The maximum absolute atomic E-state index is 10.1. The number of hydrogen-bond donors (Lipinski definition) is 1. The van der Waals surface area contributed by atoms with Gasteiger partial charge < -0.3 is 5.11 Å². The van der Waals surface area contributed by atoms with Gasteiger partial charge in [0.25, 0.3) is 0 Å². The zero-order valence-corrected chi connectivity index (χ0v) is 11.3. The average Bonchev–Trinajstić information content (AvgIpc) is 2.89. The molecule has 2 aromatic rings. The molecule has 0 aliphatic heterocycles. The number of benzene rings is 1. The lowest BCUT2D eigenvalue weighted by molar-refractivity contribution is 0.0695. The Kier molecular flexibility index (Phi) is 3.38. The highest BCUT2D eigenvalue weighted by molar-refractivity contribution is 5.61. The van der Waals surface area contributed by atoms with Crippen LogP contribution in [-0.2, 0) is 0 Å². The quantitative estimate of drug-likeness (QED) is 0.895. The molecule has 2 unspecified atom stereocenters. The molecule has 1 aliphatic carbocycles. The maximum atomic E-state index is 10.1. The summed E-state index contributed by atoms with van der Waals surface area (Å²) >= 11 is 0. The van der Waals surface area contributed by atoms with Crippen LogP contribution >= 0.6 is 0 Å². The Hall–Kier alpha value is -1.61. The summed E-state index contributed by atoms with van der Waals surface area (Å²) in [6, 6.07) is 8.61. The Morgan fingerprint density at radius 2 is 1.84 bits per heavy atom. The highest BCUT2D eigenvalue weighted by Crippen LogP contribution is 2.29. The minimum Gasteiger partial charge on any atom is -0.391 e. The van der Waals surface area contributed by atoms with Crippen molar-refractivity contribution in [3.8, 4) is 11.1 Å². The topological polar surface area (TPSA) is 38.0 Å². The predicted molar refractivity (Wildman–Crippen MR) is 75.9 cm³/mol. The van der Waals surface area contributed by atoms with Crippen LogP contribution in [0.1, 0.15) is 37.3 Å². The van der Waals surface area contributed by atoms with Crippen molar-refractivity contribution in [2.24, 2.45) is 0 Å². The van der Waals surface area contributed by atoms with Gasteiger partial charge in [0.1, 0.15) is 0 Å². The van der Waals surface area contributed by atoms with Crippen LogP contribution in [0.5, 0.6) is 0 Å². The molecule has 1 fully saturated rings. The number of rotatable bonds is 2. The fourth-order valence-electron chi connectivity index (χ4n) is 2.81. The van der Waals surface area contributed by atoms with Gasteiger partial charge in [-0.25, -0.2) is 0 Å². The first-order chi connectivity index (χ1) is 9.24. The van der Waals surface area contributed by atoms with E-state index in [1.807, 2.05) is 10.9 Å². The van der Waals surface area contributed by atoms with E-state index in [1.165, 1.54) is 17.5 Å². The minimum absolute atomic E-state index is 0.146. The molecule has 3 heteroatoms. The van der Waals surface area contributed by atoms with Gasteiger partial charge in [-0.15, -0.1) is 0 Å². The lowest BCUT2D eigenvalue weighted by atomic mass is 9.93. The number of aliphatic hydroxyl groups is 1. The summed E-state index contributed by atoms with van der Waals surface area (Å²) in [5.74, 6) is 0. The van der Waals surface area contributed by atoms with Gasteiger partial charge in [0.05, 0.1) is 18.3 Å². The second-order valence-corrected chi connectivity index (χ2v) is 5.49. The van der Waals surface area contributed by atoms with Crippen molar-refractivity contribution in [2.75, 3.05) is 0 Å². The van der Waals surface area contributed by atoms with E-state index in [4.69, 9.17) is 0 Å². The van der Waals surface area contributed by atoms with E-state index in [0.29, 0.717) is 0 Å². The van der Waals surface area contributed by atoms with Crippen molar-refractivity contribution in [3.63, 3.8) is 0 Å². The molecule has 1 saturated carbocycles. The second-order valence-electron chi connectivity index (χ2n) is 5.49. The minimum atomic E-state index is -0.250. The third-order valence-corrected chi connectivity index (χ3v) is 4.02. The predicted octanol–water partition coefficient (Wildman–Crippen LogP) is 3.33. The van der Waals surface area contributed by atoms with Crippen molar-refractivity contribution in [1.29, 1.82) is 0 Å². The van der Waals surface area contributed by atoms with Crippen LogP contribution in [0.4, 0.5) is 0 Å². The van der Waals surface area contributed by atoms with Gasteiger partial charge in [0.15, 0.2) is 0 Å². The van der Waals surface area contributed by atoms with Crippen LogP contribution in [0, 0.1) is 6.92 Å². The average molecular weight is 256 g/mol. The molecule has 1 aromatic carbocycles. The molecule has 3 rings (SSSR count). The van der Waals surface area contributed by atoms with Gasteiger partial charge in [-0.2, -0.15) is 5.10 Å². The van der Waals surface area contributed by atoms with E-state index >= 15 is 0 Å². The molecule has 3 nitrogen and oxygen atoms in total. The highest BCUT2D eigenvalue weighted by atomic mass is 16.3. The molecular weight excluding hydrogens is 236 g/mol. The van der Waals surface area contributed by atoms with Gasteiger partial charge in [0, 0.05) is 11.8 Å². The fraction of sp³-hybridized carbons (Fsp3) is 0.438. The van der Waals surface area contributed by atoms with Crippen molar-refractivity contribution in [3.05, 3.63) is 42.2 Å². The van der Waals surface area contributed by atoms with E-state index in [2.05, 4.69) is 42.5 Å². The molecule has 0 bridgehead atoms.